The fraction of sp³-hybridized carbons (Fsp3) is 0.355. The Labute approximate surface area is 219 Å². The molecule has 0 spiro atoms. The molecule has 2 aromatic carbocycles. The molecule has 2 aliphatic rings. The molecule has 0 N–H and O–H groups in total. The molecule has 0 saturated carbocycles. The van der Waals surface area contributed by atoms with Gasteiger partial charge in [0.05, 0.1) is 6.07 Å². The predicted molar refractivity (Wildman–Crippen MR) is 156 cm³/mol. The Morgan fingerprint density at radius 2 is 1.67 bits per heavy atom. The number of benzene rings is 3. The lowest BCUT2D eigenvalue weighted by Gasteiger charge is -2.22. The third-order valence-electron chi connectivity index (χ3n) is 6.98. The normalized spacial score (nSPS) is 11.2. The highest BCUT2D eigenvalue weighted by molar-refractivity contribution is 7.98. The Bertz CT molecular complexity index is 1400. The minimum absolute atomic E-state index is 0.182. The first kappa shape index (κ1) is 26.0. The lowest BCUT2D eigenvalue weighted by Crippen LogP contribution is -2.29. The third-order valence-corrected chi connectivity index (χ3v) is 7.59. The van der Waals surface area contributed by atoms with Crippen molar-refractivity contribution in [3.8, 4) is 22.5 Å². The number of fused-ring (bicyclic) bond motifs is 2. The fourth-order valence-electron chi connectivity index (χ4n) is 5.00. The van der Waals surface area contributed by atoms with Crippen molar-refractivity contribution in [2.45, 2.75) is 34.1 Å². The molecule has 188 valence electrons. The van der Waals surface area contributed by atoms with E-state index in [1.807, 2.05) is 24.5 Å². The van der Waals surface area contributed by atoms with Gasteiger partial charge < -0.3 is 9.32 Å². The summed E-state index contributed by atoms with van der Waals surface area (Å²) < 4.78 is 8.92. The molecule has 0 aromatic heterocycles. The summed E-state index contributed by atoms with van der Waals surface area (Å²) in [6.07, 6.45) is 2.57. The molecule has 2 aromatic rings. The molecule has 0 unspecified atom stereocenters. The van der Waals surface area contributed by atoms with Gasteiger partial charge in [0.15, 0.2) is 5.78 Å². The largest absolute Gasteiger partial charge is 0.456 e. The predicted octanol–water partition coefficient (Wildman–Crippen LogP) is 6.80. The molecule has 0 fully saturated rings. The number of rotatable bonds is 10. The molecule has 0 atom stereocenters. The maximum atomic E-state index is 13.3. The van der Waals surface area contributed by atoms with Crippen LogP contribution in [0.15, 0.2) is 65.1 Å². The lowest BCUT2D eigenvalue weighted by molar-refractivity contribution is 0.0990. The number of carbonyl (C=O) groups is 1. The maximum absolute atomic E-state index is 13.3. The fourth-order valence-corrected chi connectivity index (χ4v) is 5.39. The quantitative estimate of drug-likeness (QED) is 0.136. The van der Waals surface area contributed by atoms with E-state index in [9.17, 15) is 4.79 Å². The summed E-state index contributed by atoms with van der Waals surface area (Å²) in [6, 6.07) is 21.0. The molecule has 4 rings (SSSR count). The van der Waals surface area contributed by atoms with E-state index in [2.05, 4.69) is 79.6 Å². The number of carbonyl (C=O) groups excluding carboxylic acids is 1. The van der Waals surface area contributed by atoms with Gasteiger partial charge in [-0.15, -0.1) is 0 Å². The summed E-state index contributed by atoms with van der Waals surface area (Å²) in [5, 5.41) is 2.17. The van der Waals surface area contributed by atoms with Crippen molar-refractivity contribution in [1.82, 2.24) is 4.58 Å². The van der Waals surface area contributed by atoms with Crippen LogP contribution >= 0.6 is 11.8 Å². The van der Waals surface area contributed by atoms with Gasteiger partial charge in [-0.25, -0.2) is 4.58 Å². The standard InChI is InChI=1S/C31H37N2O2S/c1-6-32(7-2)22-14-16-26-29(20-22)35-30-21-23(33(8-3)9-4)15-17-27(30)31(26)25-13-11-10-12-24(25)28(34)18-19-36-5/h10-17,20-21H,6-9,18-19H2,1-5H3/q+1. The van der Waals surface area contributed by atoms with Crippen molar-refractivity contribution in [3.05, 3.63) is 71.6 Å². The van der Waals surface area contributed by atoms with Crippen LogP contribution in [0.1, 0.15) is 44.5 Å². The van der Waals surface area contributed by atoms with Gasteiger partial charge in [0, 0.05) is 65.2 Å². The average molecular weight is 502 g/mol. The van der Waals surface area contributed by atoms with Crippen molar-refractivity contribution >= 4 is 34.2 Å². The number of hydrogen-bond donors (Lipinski definition) is 0. The van der Waals surface area contributed by atoms with E-state index >= 15 is 0 Å². The van der Waals surface area contributed by atoms with Gasteiger partial charge in [-0.1, -0.05) is 24.3 Å². The molecular weight excluding hydrogens is 464 g/mol. The number of Topliss-reactive ketones (excluding diaryl/α,β-unsaturated/α-hetero) is 1. The van der Waals surface area contributed by atoms with Crippen LogP contribution in [0.25, 0.3) is 33.4 Å². The minimum Gasteiger partial charge on any atom is -0.456 e. The monoisotopic (exact) mass is 501 g/mol. The van der Waals surface area contributed by atoms with Gasteiger partial charge in [0.25, 0.3) is 0 Å². The Morgan fingerprint density at radius 1 is 0.917 bits per heavy atom. The zero-order valence-electron chi connectivity index (χ0n) is 22.1. The molecule has 4 nitrogen and oxygen atoms in total. The summed E-state index contributed by atoms with van der Waals surface area (Å²) >= 11 is 1.70. The smallest absolute Gasteiger partial charge is 0.203 e. The second kappa shape index (κ2) is 11.8. The van der Waals surface area contributed by atoms with E-state index in [0.29, 0.717) is 6.42 Å². The van der Waals surface area contributed by atoms with E-state index < -0.39 is 0 Å². The maximum Gasteiger partial charge on any atom is 0.203 e. The van der Waals surface area contributed by atoms with Crippen LogP contribution in [-0.4, -0.2) is 44.0 Å². The van der Waals surface area contributed by atoms with E-state index in [-0.39, 0.29) is 5.78 Å². The highest BCUT2D eigenvalue weighted by atomic mass is 32.2. The molecule has 0 bridgehead atoms. The first-order valence-electron chi connectivity index (χ1n) is 13.0. The molecular formula is C31H37N2O2S+. The Kier molecular flexibility index (Phi) is 8.52. The average Bonchev–Trinajstić information content (AvgIpc) is 2.91. The zero-order valence-corrected chi connectivity index (χ0v) is 23.0. The highest BCUT2D eigenvalue weighted by Crippen LogP contribution is 2.42. The Balaban J connectivity index is 2.07. The molecule has 36 heavy (non-hydrogen) atoms. The molecule has 5 heteroatoms. The number of anilines is 1. The van der Waals surface area contributed by atoms with Crippen LogP contribution < -0.4 is 14.8 Å². The van der Waals surface area contributed by atoms with Gasteiger partial charge in [-0.3, -0.25) is 4.79 Å². The van der Waals surface area contributed by atoms with E-state index in [4.69, 9.17) is 4.42 Å². The number of hydrogen-bond acceptors (Lipinski definition) is 4. The van der Waals surface area contributed by atoms with Gasteiger partial charge in [-0.2, -0.15) is 11.8 Å². The topological polar surface area (TPSA) is 36.5 Å². The molecule has 1 aliphatic heterocycles. The van der Waals surface area contributed by atoms with E-state index in [0.717, 1.165) is 82.0 Å². The molecule has 1 heterocycles. The van der Waals surface area contributed by atoms with Crippen molar-refractivity contribution in [3.63, 3.8) is 0 Å². The minimum atomic E-state index is 0.182. The van der Waals surface area contributed by atoms with Crippen LogP contribution in [0, 0.1) is 0 Å². The van der Waals surface area contributed by atoms with E-state index in [1.165, 1.54) is 0 Å². The van der Waals surface area contributed by atoms with Crippen LogP contribution in [0.4, 0.5) is 5.69 Å². The van der Waals surface area contributed by atoms with Crippen molar-refractivity contribution in [1.29, 1.82) is 0 Å². The second-order valence-electron chi connectivity index (χ2n) is 8.89. The second-order valence-corrected chi connectivity index (χ2v) is 9.88. The van der Waals surface area contributed by atoms with Gasteiger partial charge in [0.2, 0.25) is 5.36 Å². The molecule has 0 saturated heterocycles. The SMILES string of the molecule is CCN(CC)c1ccc2c(-c3ccccc3C(=O)CCSC)c3ccc(=[N+](CC)CC)cc-3oc2c1. The summed E-state index contributed by atoms with van der Waals surface area (Å²) in [5.74, 6) is 1.84. The van der Waals surface area contributed by atoms with Gasteiger partial charge in [0.1, 0.15) is 24.4 Å². The molecule has 1 aliphatic carbocycles. The van der Waals surface area contributed by atoms with Crippen LogP contribution in [-0.2, 0) is 0 Å². The Morgan fingerprint density at radius 3 is 2.36 bits per heavy atom. The lowest BCUT2D eigenvalue weighted by atomic mass is 9.89. The number of thioether (sulfide) groups is 1. The van der Waals surface area contributed by atoms with E-state index in [1.54, 1.807) is 11.8 Å². The van der Waals surface area contributed by atoms with Crippen molar-refractivity contribution in [2.75, 3.05) is 43.1 Å². The first-order valence-corrected chi connectivity index (χ1v) is 14.4. The number of nitrogens with zero attached hydrogens (tertiary/aromatic N) is 2. The van der Waals surface area contributed by atoms with Crippen molar-refractivity contribution < 1.29 is 9.21 Å². The number of ketones is 1. The third kappa shape index (κ3) is 5.08. The summed E-state index contributed by atoms with van der Waals surface area (Å²) in [5.41, 5.74) is 5.83. The molecule has 0 radical (unpaired) electrons. The van der Waals surface area contributed by atoms with Gasteiger partial charge >= 0.3 is 0 Å². The summed E-state index contributed by atoms with van der Waals surface area (Å²) in [7, 11) is 0. The van der Waals surface area contributed by atoms with Crippen molar-refractivity contribution in [2.24, 2.45) is 0 Å². The first-order chi connectivity index (χ1) is 17.6. The molecule has 0 amide bonds. The Hall–Kier alpha value is -3.05. The summed E-state index contributed by atoms with van der Waals surface area (Å²) in [6.45, 7) is 12.4. The van der Waals surface area contributed by atoms with Crippen LogP contribution in [0.3, 0.4) is 0 Å². The van der Waals surface area contributed by atoms with Crippen LogP contribution in [0.5, 0.6) is 0 Å². The van der Waals surface area contributed by atoms with Crippen LogP contribution in [0.2, 0.25) is 0 Å². The van der Waals surface area contributed by atoms with Gasteiger partial charge in [-0.05, 0) is 57.7 Å². The zero-order chi connectivity index (χ0) is 25.7. The summed E-state index contributed by atoms with van der Waals surface area (Å²) in [4.78, 5) is 15.6. The highest BCUT2D eigenvalue weighted by Gasteiger charge is 2.22.